The summed E-state index contributed by atoms with van der Waals surface area (Å²) in [5.41, 5.74) is 3.03. The number of thioether (sulfide) groups is 1. The number of amides is 1. The van der Waals surface area contributed by atoms with Crippen LogP contribution in [-0.2, 0) is 4.79 Å². The molecule has 2 aromatic carbocycles. The summed E-state index contributed by atoms with van der Waals surface area (Å²) in [4.78, 5) is 14.8. The van der Waals surface area contributed by atoms with Gasteiger partial charge in [0.1, 0.15) is 17.7 Å². The van der Waals surface area contributed by atoms with Crippen molar-refractivity contribution < 1.29 is 9.53 Å². The predicted octanol–water partition coefficient (Wildman–Crippen LogP) is 4.46. The Hall–Kier alpha value is -2.40. The number of carbonyl (C=O) groups excluding carboxylic acids is 1. The number of ether oxygens (including phenoxy) is 1. The highest BCUT2D eigenvalue weighted by Crippen LogP contribution is 2.43. The van der Waals surface area contributed by atoms with Crippen molar-refractivity contribution in [1.82, 2.24) is 0 Å². The van der Waals surface area contributed by atoms with Crippen LogP contribution in [0.1, 0.15) is 12.5 Å². The third-order valence-corrected chi connectivity index (χ3v) is 5.27. The zero-order valence-corrected chi connectivity index (χ0v) is 15.3. The molecule has 0 saturated carbocycles. The van der Waals surface area contributed by atoms with E-state index in [0.29, 0.717) is 6.61 Å². The van der Waals surface area contributed by atoms with Crippen LogP contribution in [0.15, 0.2) is 60.0 Å². The normalized spacial score (nSPS) is 15.6. The first-order valence-electron chi connectivity index (χ1n) is 8.22. The summed E-state index contributed by atoms with van der Waals surface area (Å²) < 4.78 is 6.03. The Balaban J connectivity index is 1.68. The van der Waals surface area contributed by atoms with Gasteiger partial charge in [-0.3, -0.25) is 4.79 Å². The molecule has 1 heterocycles. The van der Waals surface area contributed by atoms with Crippen molar-refractivity contribution in [3.63, 3.8) is 0 Å². The smallest absolute Gasteiger partial charge is 0.221 e. The van der Waals surface area contributed by atoms with Crippen LogP contribution in [0.3, 0.4) is 0 Å². The van der Waals surface area contributed by atoms with E-state index in [0.717, 1.165) is 23.5 Å². The Morgan fingerprint density at radius 3 is 2.88 bits per heavy atom. The number of rotatable bonds is 6. The molecule has 1 unspecified atom stereocenters. The summed E-state index contributed by atoms with van der Waals surface area (Å²) in [5, 5.41) is 3.03. The van der Waals surface area contributed by atoms with E-state index < -0.39 is 0 Å². The molecule has 0 spiro atoms. The number of nitrogens with one attached hydrogen (secondary N) is 1. The average molecular weight is 354 g/mol. The summed E-state index contributed by atoms with van der Waals surface area (Å²) in [5.74, 6) is 0.735. The highest BCUT2D eigenvalue weighted by molar-refractivity contribution is 8.00. The molecule has 0 saturated heterocycles. The van der Waals surface area contributed by atoms with E-state index in [9.17, 15) is 4.79 Å². The minimum Gasteiger partial charge on any atom is -0.491 e. The van der Waals surface area contributed by atoms with Crippen LogP contribution in [0, 0.1) is 6.92 Å². The lowest BCUT2D eigenvalue weighted by Crippen LogP contribution is -2.34. The molecular formula is C20H22N2O2S. The van der Waals surface area contributed by atoms with Gasteiger partial charge in [0.15, 0.2) is 0 Å². The second kappa shape index (κ2) is 7.66. The van der Waals surface area contributed by atoms with Gasteiger partial charge < -0.3 is 15.0 Å². The lowest BCUT2D eigenvalue weighted by atomic mass is 10.2. The van der Waals surface area contributed by atoms with Crippen molar-refractivity contribution in [3.8, 4) is 5.75 Å². The zero-order valence-electron chi connectivity index (χ0n) is 14.5. The molecule has 0 fully saturated rings. The van der Waals surface area contributed by atoms with Crippen LogP contribution in [0.25, 0.3) is 0 Å². The topological polar surface area (TPSA) is 41.6 Å². The molecule has 1 aliphatic rings. The maximum atomic E-state index is 11.2. The SMILES string of the molecule is C=CCN1c2ccccc2SC1COc1ccc(NC(C)=O)c(C)c1. The van der Waals surface area contributed by atoms with E-state index >= 15 is 0 Å². The quantitative estimate of drug-likeness (QED) is 0.778. The van der Waals surface area contributed by atoms with Crippen LogP contribution in [0.5, 0.6) is 5.75 Å². The summed E-state index contributed by atoms with van der Waals surface area (Å²) >= 11 is 1.82. The molecule has 1 aliphatic heterocycles. The van der Waals surface area contributed by atoms with Gasteiger partial charge >= 0.3 is 0 Å². The molecule has 1 amide bonds. The van der Waals surface area contributed by atoms with Crippen LogP contribution < -0.4 is 15.0 Å². The second-order valence-electron chi connectivity index (χ2n) is 5.95. The van der Waals surface area contributed by atoms with Gasteiger partial charge in [0.2, 0.25) is 5.91 Å². The Labute approximate surface area is 152 Å². The standard InChI is InChI=1S/C20H22N2O2S/c1-4-11-22-18-7-5-6-8-19(18)25-20(22)13-24-16-9-10-17(14(2)12-16)21-15(3)23/h4-10,12,20H,1,11,13H2,2-3H3,(H,21,23). The van der Waals surface area contributed by atoms with Crippen LogP contribution in [-0.4, -0.2) is 24.4 Å². The van der Waals surface area contributed by atoms with Crippen molar-refractivity contribution in [2.24, 2.45) is 0 Å². The van der Waals surface area contributed by atoms with Gasteiger partial charge in [-0.25, -0.2) is 0 Å². The van der Waals surface area contributed by atoms with Crippen molar-refractivity contribution in [2.75, 3.05) is 23.4 Å². The molecule has 0 aromatic heterocycles. The number of aryl methyl sites for hydroxylation is 1. The van der Waals surface area contributed by atoms with Gasteiger partial charge in [0.25, 0.3) is 0 Å². The van der Waals surface area contributed by atoms with Gasteiger partial charge in [-0.2, -0.15) is 0 Å². The average Bonchev–Trinajstić information content (AvgIpc) is 2.93. The Morgan fingerprint density at radius 1 is 1.36 bits per heavy atom. The molecule has 1 atom stereocenters. The monoisotopic (exact) mass is 354 g/mol. The summed E-state index contributed by atoms with van der Waals surface area (Å²) in [6, 6.07) is 14.1. The Kier molecular flexibility index (Phi) is 5.34. The Morgan fingerprint density at radius 2 is 2.16 bits per heavy atom. The maximum Gasteiger partial charge on any atom is 0.221 e. The second-order valence-corrected chi connectivity index (χ2v) is 7.17. The van der Waals surface area contributed by atoms with Gasteiger partial charge in [0.05, 0.1) is 5.69 Å². The summed E-state index contributed by atoms with van der Waals surface area (Å²) in [6.45, 7) is 8.70. The summed E-state index contributed by atoms with van der Waals surface area (Å²) in [7, 11) is 0. The molecule has 2 aromatic rings. The van der Waals surface area contributed by atoms with Crippen molar-refractivity contribution in [2.45, 2.75) is 24.1 Å². The van der Waals surface area contributed by atoms with Crippen molar-refractivity contribution >= 4 is 29.0 Å². The molecule has 130 valence electrons. The van der Waals surface area contributed by atoms with E-state index in [1.54, 1.807) is 0 Å². The molecule has 0 radical (unpaired) electrons. The molecule has 1 N–H and O–H groups in total. The van der Waals surface area contributed by atoms with E-state index in [-0.39, 0.29) is 11.3 Å². The summed E-state index contributed by atoms with van der Waals surface area (Å²) in [6.07, 6.45) is 1.92. The molecule has 4 nitrogen and oxygen atoms in total. The third-order valence-electron chi connectivity index (χ3n) is 4.01. The minimum absolute atomic E-state index is 0.0723. The highest BCUT2D eigenvalue weighted by Gasteiger charge is 2.29. The number of hydrogen-bond acceptors (Lipinski definition) is 4. The molecule has 0 aliphatic carbocycles. The Bertz CT molecular complexity index is 791. The van der Waals surface area contributed by atoms with E-state index in [2.05, 4.69) is 41.1 Å². The molecule has 0 bridgehead atoms. The maximum absolute atomic E-state index is 11.2. The lowest BCUT2D eigenvalue weighted by molar-refractivity contribution is -0.114. The number of hydrogen-bond donors (Lipinski definition) is 1. The number of para-hydroxylation sites is 1. The fourth-order valence-electron chi connectivity index (χ4n) is 2.86. The third kappa shape index (κ3) is 3.99. The first kappa shape index (κ1) is 17.4. The number of carbonyl (C=O) groups is 1. The van der Waals surface area contributed by atoms with Crippen LogP contribution in [0.4, 0.5) is 11.4 Å². The largest absolute Gasteiger partial charge is 0.491 e. The highest BCUT2D eigenvalue weighted by atomic mass is 32.2. The fourth-order valence-corrected chi connectivity index (χ4v) is 4.08. The van der Waals surface area contributed by atoms with Gasteiger partial charge in [-0.15, -0.1) is 6.58 Å². The fraction of sp³-hybridized carbons (Fsp3) is 0.250. The van der Waals surface area contributed by atoms with Crippen molar-refractivity contribution in [1.29, 1.82) is 0 Å². The minimum atomic E-state index is -0.0723. The van der Waals surface area contributed by atoms with Gasteiger partial charge in [-0.1, -0.05) is 30.0 Å². The lowest BCUT2D eigenvalue weighted by Gasteiger charge is -2.25. The number of nitrogens with zero attached hydrogens (tertiary/aromatic N) is 1. The van der Waals surface area contributed by atoms with Gasteiger partial charge in [-0.05, 0) is 42.8 Å². The number of anilines is 2. The number of fused-ring (bicyclic) bond motifs is 1. The predicted molar refractivity (Wildman–Crippen MR) is 105 cm³/mol. The van der Waals surface area contributed by atoms with Crippen LogP contribution in [0.2, 0.25) is 0 Å². The first-order valence-corrected chi connectivity index (χ1v) is 9.10. The molecule has 5 heteroatoms. The molecule has 25 heavy (non-hydrogen) atoms. The van der Waals surface area contributed by atoms with Crippen molar-refractivity contribution in [3.05, 3.63) is 60.7 Å². The van der Waals surface area contributed by atoms with E-state index in [4.69, 9.17) is 4.74 Å². The van der Waals surface area contributed by atoms with Crippen LogP contribution >= 0.6 is 11.8 Å². The van der Waals surface area contributed by atoms with E-state index in [1.807, 2.05) is 43.0 Å². The van der Waals surface area contributed by atoms with Gasteiger partial charge in [0, 0.05) is 24.1 Å². The first-order chi connectivity index (χ1) is 12.1. The zero-order chi connectivity index (χ0) is 17.8. The van der Waals surface area contributed by atoms with E-state index in [1.165, 1.54) is 17.5 Å². The molecule has 3 rings (SSSR count). The number of benzene rings is 2. The molecular weight excluding hydrogens is 332 g/mol.